The molecule has 7 rings (SSSR count). The van der Waals surface area contributed by atoms with E-state index in [4.69, 9.17) is 0 Å². The van der Waals surface area contributed by atoms with Crippen LogP contribution in [0, 0.1) is 24.7 Å². The Hall–Kier alpha value is -2.72. The van der Waals surface area contributed by atoms with E-state index in [9.17, 15) is 18.3 Å². The first-order valence-electron chi connectivity index (χ1n) is 13.7. The van der Waals surface area contributed by atoms with Gasteiger partial charge in [0.2, 0.25) is 5.95 Å². The Morgan fingerprint density at radius 3 is 2.50 bits per heavy atom. The standard InChI is InChI=1S/C28H37N5O4S/c1-17-10-22(38(3,36)37)4-5-24(17)32-8-9-33(18(2)16-32)27-29-7-6-23(30-27)26(34)31-25-20-11-19-12-21(25)15-28(35,13-19)14-20/h4-7,10,18-21,25,35H,8-9,11-16H2,1-3H3,(H,31,34). The van der Waals surface area contributed by atoms with E-state index >= 15 is 0 Å². The van der Waals surface area contributed by atoms with Gasteiger partial charge in [0.05, 0.1) is 10.5 Å². The average molecular weight is 540 g/mol. The van der Waals surface area contributed by atoms with Crippen LogP contribution in [-0.4, -0.2) is 73.0 Å². The number of anilines is 2. The number of aromatic nitrogens is 2. The van der Waals surface area contributed by atoms with Crippen LogP contribution in [0.15, 0.2) is 35.4 Å². The summed E-state index contributed by atoms with van der Waals surface area (Å²) in [6.45, 7) is 6.21. The zero-order valence-electron chi connectivity index (χ0n) is 22.3. The van der Waals surface area contributed by atoms with Gasteiger partial charge in [0.25, 0.3) is 5.91 Å². The highest BCUT2D eigenvalue weighted by Gasteiger charge is 2.55. The lowest BCUT2D eigenvalue weighted by atomic mass is 9.52. The molecule has 204 valence electrons. The van der Waals surface area contributed by atoms with Gasteiger partial charge in [0, 0.05) is 49.9 Å². The fourth-order valence-corrected chi connectivity index (χ4v) is 8.45. The summed E-state index contributed by atoms with van der Waals surface area (Å²) in [5, 5.41) is 14.1. The summed E-state index contributed by atoms with van der Waals surface area (Å²) in [7, 11) is -3.24. The van der Waals surface area contributed by atoms with Gasteiger partial charge in [0.1, 0.15) is 5.69 Å². The van der Waals surface area contributed by atoms with Crippen LogP contribution in [-0.2, 0) is 9.84 Å². The fourth-order valence-electron chi connectivity index (χ4n) is 7.74. The lowest BCUT2D eigenvalue weighted by molar-refractivity contribution is -0.136. The van der Waals surface area contributed by atoms with Gasteiger partial charge in [-0.1, -0.05) is 0 Å². The van der Waals surface area contributed by atoms with E-state index in [1.165, 1.54) is 6.26 Å². The Balaban J connectivity index is 1.13. The maximum absolute atomic E-state index is 13.3. The molecule has 5 fully saturated rings. The van der Waals surface area contributed by atoms with Gasteiger partial charge in [-0.2, -0.15) is 0 Å². The highest BCUT2D eigenvalue weighted by molar-refractivity contribution is 7.90. The average Bonchev–Trinajstić information content (AvgIpc) is 2.84. The van der Waals surface area contributed by atoms with Crippen molar-refractivity contribution >= 4 is 27.4 Å². The van der Waals surface area contributed by atoms with Crippen LogP contribution in [0.2, 0.25) is 0 Å². The Morgan fingerprint density at radius 2 is 1.87 bits per heavy atom. The van der Waals surface area contributed by atoms with Crippen LogP contribution in [0.1, 0.15) is 55.1 Å². The van der Waals surface area contributed by atoms with Crippen molar-refractivity contribution in [3.8, 4) is 0 Å². The fraction of sp³-hybridized carbons (Fsp3) is 0.607. The molecule has 1 saturated heterocycles. The van der Waals surface area contributed by atoms with Gasteiger partial charge in [-0.05, 0) is 93.5 Å². The van der Waals surface area contributed by atoms with Crippen LogP contribution < -0.4 is 15.1 Å². The van der Waals surface area contributed by atoms with Crippen molar-refractivity contribution in [3.05, 3.63) is 41.7 Å². The molecule has 5 aliphatic rings. The van der Waals surface area contributed by atoms with Crippen molar-refractivity contribution in [1.82, 2.24) is 15.3 Å². The van der Waals surface area contributed by atoms with Crippen LogP contribution >= 0.6 is 0 Å². The number of carbonyl (C=O) groups is 1. The number of sulfone groups is 1. The number of benzene rings is 1. The molecule has 4 bridgehead atoms. The summed E-state index contributed by atoms with van der Waals surface area (Å²) >= 11 is 0. The molecule has 3 atom stereocenters. The second-order valence-electron chi connectivity index (χ2n) is 12.1. The highest BCUT2D eigenvalue weighted by atomic mass is 32.2. The van der Waals surface area contributed by atoms with Crippen molar-refractivity contribution in [2.45, 2.75) is 68.5 Å². The Labute approximate surface area is 224 Å². The topological polar surface area (TPSA) is 116 Å². The second kappa shape index (κ2) is 9.19. The molecule has 3 unspecified atom stereocenters. The lowest BCUT2D eigenvalue weighted by Gasteiger charge is -2.58. The van der Waals surface area contributed by atoms with E-state index in [0.717, 1.165) is 56.4 Å². The molecular formula is C28H37N5O4S. The normalized spacial score (nSPS) is 32.5. The Kier molecular flexibility index (Phi) is 6.18. The van der Waals surface area contributed by atoms with Crippen molar-refractivity contribution in [2.24, 2.45) is 17.8 Å². The molecule has 9 nitrogen and oxygen atoms in total. The number of aryl methyl sites for hydroxylation is 1. The molecule has 2 N–H and O–H groups in total. The van der Waals surface area contributed by atoms with Gasteiger partial charge in [-0.15, -0.1) is 0 Å². The number of nitrogens with one attached hydrogen (secondary N) is 1. The first-order valence-corrected chi connectivity index (χ1v) is 15.6. The summed E-state index contributed by atoms with van der Waals surface area (Å²) in [6, 6.07) is 7.17. The van der Waals surface area contributed by atoms with Gasteiger partial charge in [0.15, 0.2) is 9.84 Å². The lowest BCUT2D eigenvalue weighted by Crippen LogP contribution is -2.61. The molecule has 0 spiro atoms. The first kappa shape index (κ1) is 25.6. The molecule has 1 aliphatic heterocycles. The molecule has 38 heavy (non-hydrogen) atoms. The largest absolute Gasteiger partial charge is 0.390 e. The zero-order chi connectivity index (χ0) is 26.8. The Bertz CT molecular complexity index is 1350. The van der Waals surface area contributed by atoms with Crippen LogP contribution in [0.5, 0.6) is 0 Å². The second-order valence-corrected chi connectivity index (χ2v) is 14.2. The molecule has 4 saturated carbocycles. The van der Waals surface area contributed by atoms with Crippen LogP contribution in [0.3, 0.4) is 0 Å². The molecule has 0 radical (unpaired) electrons. The van der Waals surface area contributed by atoms with Gasteiger partial charge in [-0.25, -0.2) is 18.4 Å². The molecule has 10 heteroatoms. The van der Waals surface area contributed by atoms with E-state index in [-0.39, 0.29) is 18.0 Å². The minimum absolute atomic E-state index is 0.0983. The monoisotopic (exact) mass is 539 g/mol. The summed E-state index contributed by atoms with van der Waals surface area (Å²) in [6.07, 6.45) is 7.57. The molecular weight excluding hydrogens is 502 g/mol. The number of carbonyl (C=O) groups excluding carboxylic acids is 1. The van der Waals surface area contributed by atoms with E-state index < -0.39 is 15.4 Å². The number of rotatable bonds is 5. The number of piperazine rings is 1. The molecule has 2 aromatic rings. The van der Waals surface area contributed by atoms with Crippen molar-refractivity contribution < 1.29 is 18.3 Å². The van der Waals surface area contributed by atoms with Gasteiger partial charge >= 0.3 is 0 Å². The zero-order valence-corrected chi connectivity index (χ0v) is 23.1. The molecule has 1 aromatic carbocycles. The minimum atomic E-state index is -3.24. The molecule has 2 heterocycles. The number of amides is 1. The SMILES string of the molecule is Cc1cc(S(C)(=O)=O)ccc1N1CCN(c2nccc(C(=O)NC3C4CC5CC3CC(O)(C5)C4)n2)C(C)C1. The first-order chi connectivity index (χ1) is 18.0. The van der Waals surface area contributed by atoms with Crippen molar-refractivity contribution in [3.63, 3.8) is 0 Å². The number of aliphatic hydroxyl groups is 1. The van der Waals surface area contributed by atoms with E-state index in [1.807, 2.05) is 13.0 Å². The number of nitrogens with zero attached hydrogens (tertiary/aromatic N) is 4. The molecule has 1 amide bonds. The van der Waals surface area contributed by atoms with Gasteiger partial charge < -0.3 is 20.2 Å². The molecule has 1 aromatic heterocycles. The van der Waals surface area contributed by atoms with E-state index in [2.05, 4.69) is 32.0 Å². The highest BCUT2D eigenvalue weighted by Crippen LogP contribution is 2.55. The smallest absolute Gasteiger partial charge is 0.270 e. The summed E-state index contributed by atoms with van der Waals surface area (Å²) in [5.74, 6) is 1.68. The summed E-state index contributed by atoms with van der Waals surface area (Å²) < 4.78 is 23.8. The van der Waals surface area contributed by atoms with E-state index in [1.54, 1.807) is 24.4 Å². The van der Waals surface area contributed by atoms with Crippen LogP contribution in [0.25, 0.3) is 0 Å². The van der Waals surface area contributed by atoms with Crippen molar-refractivity contribution in [1.29, 1.82) is 0 Å². The van der Waals surface area contributed by atoms with Crippen molar-refractivity contribution in [2.75, 3.05) is 35.7 Å². The van der Waals surface area contributed by atoms with E-state index in [0.29, 0.717) is 40.8 Å². The third kappa shape index (κ3) is 4.66. The number of hydrogen-bond acceptors (Lipinski definition) is 8. The quantitative estimate of drug-likeness (QED) is 0.596. The molecule has 4 aliphatic carbocycles. The minimum Gasteiger partial charge on any atom is -0.390 e. The predicted molar refractivity (Wildman–Crippen MR) is 145 cm³/mol. The summed E-state index contributed by atoms with van der Waals surface area (Å²) in [4.78, 5) is 27.2. The third-order valence-electron chi connectivity index (χ3n) is 9.24. The van der Waals surface area contributed by atoms with Crippen LogP contribution in [0.4, 0.5) is 11.6 Å². The Morgan fingerprint density at radius 1 is 1.13 bits per heavy atom. The maximum Gasteiger partial charge on any atom is 0.270 e. The predicted octanol–water partition coefficient (Wildman–Crippen LogP) is 2.57. The summed E-state index contributed by atoms with van der Waals surface area (Å²) in [5.41, 5.74) is 1.81. The number of hydrogen-bond donors (Lipinski definition) is 2. The van der Waals surface area contributed by atoms with Gasteiger partial charge in [-0.3, -0.25) is 4.79 Å². The maximum atomic E-state index is 13.3. The third-order valence-corrected chi connectivity index (χ3v) is 10.3.